The highest BCUT2D eigenvalue weighted by atomic mass is 35.5. The zero-order chi connectivity index (χ0) is 13.9. The fraction of sp³-hybridized carbons (Fsp3) is 0.0667. The minimum Gasteiger partial charge on any atom is -0.326 e. The number of hydrogen-bond acceptors (Lipinski definition) is 3. The van der Waals surface area contributed by atoms with E-state index < -0.39 is 0 Å². The van der Waals surface area contributed by atoms with Gasteiger partial charge in [0.2, 0.25) is 0 Å². The number of aromatic nitrogens is 3. The van der Waals surface area contributed by atoms with Crippen LogP contribution in [-0.4, -0.2) is 15.0 Å². The fourth-order valence-electron chi connectivity index (χ4n) is 2.16. The zero-order valence-corrected chi connectivity index (χ0v) is 11.5. The van der Waals surface area contributed by atoms with Crippen molar-refractivity contribution >= 4 is 11.6 Å². The van der Waals surface area contributed by atoms with Crippen molar-refractivity contribution in [3.63, 3.8) is 0 Å². The van der Waals surface area contributed by atoms with E-state index in [1.165, 1.54) is 0 Å². The van der Waals surface area contributed by atoms with Crippen molar-refractivity contribution in [2.75, 3.05) is 0 Å². The molecule has 0 unspecified atom stereocenters. The summed E-state index contributed by atoms with van der Waals surface area (Å²) in [6, 6.07) is 15.5. The summed E-state index contributed by atoms with van der Waals surface area (Å²) in [5.74, 6) is 0. The lowest BCUT2D eigenvalue weighted by molar-refractivity contribution is 0.807. The second-order valence-corrected chi connectivity index (χ2v) is 4.81. The van der Waals surface area contributed by atoms with Gasteiger partial charge in [-0.15, -0.1) is 5.10 Å². The van der Waals surface area contributed by atoms with Crippen LogP contribution in [0.25, 0.3) is 16.9 Å². The van der Waals surface area contributed by atoms with Crippen LogP contribution >= 0.6 is 11.6 Å². The lowest BCUT2D eigenvalue weighted by atomic mass is 10.0. The van der Waals surface area contributed by atoms with Crippen LogP contribution < -0.4 is 5.73 Å². The maximum Gasteiger partial charge on any atom is 0.0947 e. The second kappa shape index (κ2) is 5.45. The van der Waals surface area contributed by atoms with Crippen molar-refractivity contribution in [2.45, 2.75) is 6.54 Å². The van der Waals surface area contributed by atoms with Gasteiger partial charge in [0.25, 0.3) is 0 Å². The summed E-state index contributed by atoms with van der Waals surface area (Å²) >= 11 is 6.02. The Labute approximate surface area is 121 Å². The average Bonchev–Trinajstić information content (AvgIpc) is 2.97. The first-order chi connectivity index (χ1) is 9.79. The third kappa shape index (κ3) is 2.31. The van der Waals surface area contributed by atoms with E-state index in [1.807, 2.05) is 48.5 Å². The van der Waals surface area contributed by atoms with Gasteiger partial charge in [-0.25, -0.2) is 4.68 Å². The summed E-state index contributed by atoms with van der Waals surface area (Å²) in [5.41, 5.74) is 9.62. The van der Waals surface area contributed by atoms with Crippen LogP contribution in [0.15, 0.2) is 54.7 Å². The Kier molecular flexibility index (Phi) is 3.50. The quantitative estimate of drug-likeness (QED) is 0.804. The summed E-state index contributed by atoms with van der Waals surface area (Å²) in [4.78, 5) is 0. The Morgan fingerprint density at radius 1 is 1.10 bits per heavy atom. The maximum atomic E-state index is 6.02. The molecule has 0 bridgehead atoms. The third-order valence-corrected chi connectivity index (χ3v) is 3.35. The summed E-state index contributed by atoms with van der Waals surface area (Å²) in [7, 11) is 0. The number of benzene rings is 2. The van der Waals surface area contributed by atoms with Crippen LogP contribution in [0, 0.1) is 0 Å². The number of halogens is 1. The molecule has 5 heteroatoms. The average molecular weight is 285 g/mol. The van der Waals surface area contributed by atoms with Gasteiger partial charge in [0.15, 0.2) is 0 Å². The molecule has 1 heterocycles. The number of para-hydroxylation sites is 1. The minimum atomic E-state index is 0.413. The molecule has 0 atom stereocenters. The van der Waals surface area contributed by atoms with Gasteiger partial charge in [0.1, 0.15) is 0 Å². The monoisotopic (exact) mass is 284 g/mol. The van der Waals surface area contributed by atoms with Gasteiger partial charge in [-0.3, -0.25) is 0 Å². The van der Waals surface area contributed by atoms with Crippen LogP contribution in [0.5, 0.6) is 0 Å². The Bertz CT molecular complexity index is 722. The van der Waals surface area contributed by atoms with E-state index in [0.717, 1.165) is 22.5 Å². The van der Waals surface area contributed by atoms with E-state index in [4.69, 9.17) is 17.3 Å². The molecule has 0 aliphatic heterocycles. The molecule has 2 N–H and O–H groups in total. The molecule has 1 aromatic heterocycles. The molecule has 0 spiro atoms. The van der Waals surface area contributed by atoms with Crippen molar-refractivity contribution in [3.8, 4) is 16.9 Å². The van der Waals surface area contributed by atoms with E-state index in [0.29, 0.717) is 11.6 Å². The summed E-state index contributed by atoms with van der Waals surface area (Å²) in [5, 5.41) is 8.84. The SMILES string of the molecule is NCc1cc(Cl)ccc1-c1cnnn1-c1ccccc1. The number of nitrogens with two attached hydrogens (primary N) is 1. The molecule has 0 aliphatic carbocycles. The lowest BCUT2D eigenvalue weighted by Crippen LogP contribution is -2.03. The molecule has 0 saturated heterocycles. The molecule has 0 fully saturated rings. The van der Waals surface area contributed by atoms with Gasteiger partial charge in [-0.1, -0.05) is 41.1 Å². The van der Waals surface area contributed by atoms with E-state index in [9.17, 15) is 0 Å². The van der Waals surface area contributed by atoms with Crippen molar-refractivity contribution in [1.29, 1.82) is 0 Å². The van der Waals surface area contributed by atoms with Crippen LogP contribution in [0.4, 0.5) is 0 Å². The van der Waals surface area contributed by atoms with E-state index in [2.05, 4.69) is 10.3 Å². The Morgan fingerprint density at radius 3 is 2.65 bits per heavy atom. The van der Waals surface area contributed by atoms with Crippen molar-refractivity contribution in [2.24, 2.45) is 5.73 Å². The third-order valence-electron chi connectivity index (χ3n) is 3.11. The van der Waals surface area contributed by atoms with Crippen molar-refractivity contribution in [3.05, 3.63) is 65.3 Å². The number of rotatable bonds is 3. The highest BCUT2D eigenvalue weighted by molar-refractivity contribution is 6.30. The fourth-order valence-corrected chi connectivity index (χ4v) is 2.35. The van der Waals surface area contributed by atoms with Crippen LogP contribution in [0.1, 0.15) is 5.56 Å². The zero-order valence-electron chi connectivity index (χ0n) is 10.7. The summed E-state index contributed by atoms with van der Waals surface area (Å²) in [6.07, 6.45) is 1.73. The highest BCUT2D eigenvalue weighted by Crippen LogP contribution is 2.27. The standard InChI is InChI=1S/C15H13ClN4/c16-12-6-7-14(11(8-12)9-17)15-10-18-19-20(15)13-4-2-1-3-5-13/h1-8,10H,9,17H2. The van der Waals surface area contributed by atoms with Gasteiger partial charge in [0, 0.05) is 17.1 Å². The predicted octanol–water partition coefficient (Wildman–Crippen LogP) is 3.05. The molecule has 3 aromatic rings. The van der Waals surface area contributed by atoms with E-state index in [1.54, 1.807) is 10.9 Å². The largest absolute Gasteiger partial charge is 0.326 e. The second-order valence-electron chi connectivity index (χ2n) is 4.37. The molecule has 100 valence electrons. The summed E-state index contributed by atoms with van der Waals surface area (Å²) in [6.45, 7) is 0.413. The first-order valence-electron chi connectivity index (χ1n) is 6.24. The molecule has 0 saturated carbocycles. The molecule has 2 aromatic carbocycles. The molecule has 3 rings (SSSR count). The first kappa shape index (κ1) is 12.8. The van der Waals surface area contributed by atoms with E-state index >= 15 is 0 Å². The molecule has 0 amide bonds. The molecular formula is C15H13ClN4. The molecule has 20 heavy (non-hydrogen) atoms. The first-order valence-corrected chi connectivity index (χ1v) is 6.62. The molecule has 0 radical (unpaired) electrons. The Balaban J connectivity index is 2.15. The minimum absolute atomic E-state index is 0.413. The predicted molar refractivity (Wildman–Crippen MR) is 79.7 cm³/mol. The van der Waals surface area contributed by atoms with Gasteiger partial charge < -0.3 is 5.73 Å². The van der Waals surface area contributed by atoms with E-state index in [-0.39, 0.29) is 0 Å². The number of hydrogen-bond donors (Lipinski definition) is 1. The molecule has 4 nitrogen and oxygen atoms in total. The van der Waals surface area contributed by atoms with Crippen molar-refractivity contribution < 1.29 is 0 Å². The Morgan fingerprint density at radius 2 is 1.90 bits per heavy atom. The van der Waals surface area contributed by atoms with Gasteiger partial charge in [0.05, 0.1) is 17.6 Å². The normalized spacial score (nSPS) is 10.7. The molecular weight excluding hydrogens is 272 g/mol. The smallest absolute Gasteiger partial charge is 0.0947 e. The van der Waals surface area contributed by atoms with Gasteiger partial charge >= 0.3 is 0 Å². The lowest BCUT2D eigenvalue weighted by Gasteiger charge is -2.10. The van der Waals surface area contributed by atoms with Crippen molar-refractivity contribution in [1.82, 2.24) is 15.0 Å². The van der Waals surface area contributed by atoms with Crippen LogP contribution in [0.2, 0.25) is 5.02 Å². The van der Waals surface area contributed by atoms with Gasteiger partial charge in [-0.2, -0.15) is 0 Å². The topological polar surface area (TPSA) is 56.7 Å². The number of nitrogens with zero attached hydrogens (tertiary/aromatic N) is 3. The van der Waals surface area contributed by atoms with Crippen LogP contribution in [0.3, 0.4) is 0 Å². The van der Waals surface area contributed by atoms with Gasteiger partial charge in [-0.05, 0) is 29.8 Å². The van der Waals surface area contributed by atoms with Crippen LogP contribution in [-0.2, 0) is 6.54 Å². The molecule has 0 aliphatic rings. The maximum absolute atomic E-state index is 6.02. The Hall–Kier alpha value is -2.17. The summed E-state index contributed by atoms with van der Waals surface area (Å²) < 4.78 is 1.79. The highest BCUT2D eigenvalue weighted by Gasteiger charge is 2.12.